The quantitative estimate of drug-likeness (QED) is 0.925. The summed E-state index contributed by atoms with van der Waals surface area (Å²) in [6, 6.07) is 6.02. The van der Waals surface area contributed by atoms with Crippen molar-refractivity contribution in [1.29, 1.82) is 0 Å². The van der Waals surface area contributed by atoms with Crippen molar-refractivity contribution in [3.63, 3.8) is 0 Å². The van der Waals surface area contributed by atoms with Gasteiger partial charge in [-0.25, -0.2) is 0 Å². The maximum atomic E-state index is 9.12. The van der Waals surface area contributed by atoms with Crippen LogP contribution in [0.2, 0.25) is 0 Å². The van der Waals surface area contributed by atoms with Gasteiger partial charge in [0.15, 0.2) is 0 Å². The molecule has 1 fully saturated rings. The van der Waals surface area contributed by atoms with E-state index in [1.54, 1.807) is 0 Å². The summed E-state index contributed by atoms with van der Waals surface area (Å²) >= 11 is 3.52. The van der Waals surface area contributed by atoms with Gasteiger partial charge in [-0.3, -0.25) is 4.90 Å². The molecule has 0 spiro atoms. The Bertz CT molecular complexity index is 391. The minimum absolute atomic E-state index is 0.162. The molecule has 3 nitrogen and oxygen atoms in total. The average Bonchev–Trinajstić information content (AvgIpc) is 2.28. The van der Waals surface area contributed by atoms with Crippen molar-refractivity contribution in [3.05, 3.63) is 28.2 Å². The molecule has 1 saturated heterocycles. The molecule has 1 heterocycles. The summed E-state index contributed by atoms with van der Waals surface area (Å²) in [5, 5.41) is 9.12. The number of aliphatic hydroxyl groups is 1. The number of likely N-dealkylation sites (tertiary alicyclic amines) is 1. The van der Waals surface area contributed by atoms with Gasteiger partial charge in [-0.2, -0.15) is 0 Å². The van der Waals surface area contributed by atoms with E-state index in [2.05, 4.69) is 27.9 Å². The lowest BCUT2D eigenvalue weighted by Crippen LogP contribution is -2.51. The van der Waals surface area contributed by atoms with Crippen molar-refractivity contribution in [3.8, 4) is 5.75 Å². The molecule has 1 N–H and O–H groups in total. The van der Waals surface area contributed by atoms with Gasteiger partial charge in [0.1, 0.15) is 11.9 Å². The second-order valence-corrected chi connectivity index (χ2v) is 5.59. The van der Waals surface area contributed by atoms with Gasteiger partial charge in [-0.05, 0) is 40.7 Å². The minimum atomic E-state index is 0.162. The third kappa shape index (κ3) is 3.00. The predicted molar refractivity (Wildman–Crippen MR) is 71.6 cm³/mol. The third-order valence-corrected chi connectivity index (χ3v) is 3.74. The van der Waals surface area contributed by atoms with Crippen molar-refractivity contribution < 1.29 is 9.84 Å². The highest BCUT2D eigenvalue weighted by Crippen LogP contribution is 2.30. The highest BCUT2D eigenvalue weighted by atomic mass is 79.9. The molecule has 1 aliphatic rings. The zero-order chi connectivity index (χ0) is 12.4. The summed E-state index contributed by atoms with van der Waals surface area (Å²) in [4.78, 5) is 2.22. The molecule has 1 unspecified atom stereocenters. The summed E-state index contributed by atoms with van der Waals surface area (Å²) < 4.78 is 6.83. The largest absolute Gasteiger partial charge is 0.487 e. The van der Waals surface area contributed by atoms with E-state index in [0.717, 1.165) is 28.9 Å². The molecule has 94 valence electrons. The predicted octanol–water partition coefficient (Wildman–Crippen LogP) is 2.24. The highest BCUT2D eigenvalue weighted by Gasteiger charge is 2.25. The summed E-state index contributed by atoms with van der Waals surface area (Å²) in [5.41, 5.74) is 1.12. The molecule has 1 aromatic rings. The number of hydrogen-bond donors (Lipinski definition) is 1. The van der Waals surface area contributed by atoms with Crippen LogP contribution in [0.1, 0.15) is 18.4 Å². The molecule has 0 amide bonds. The lowest BCUT2D eigenvalue weighted by atomic mass is 10.0. The molecule has 0 aliphatic carbocycles. The number of nitrogens with zero attached hydrogens (tertiary/aromatic N) is 1. The third-order valence-electron chi connectivity index (χ3n) is 3.12. The van der Waals surface area contributed by atoms with E-state index in [1.165, 1.54) is 0 Å². The fourth-order valence-electron chi connectivity index (χ4n) is 1.92. The van der Waals surface area contributed by atoms with Crippen LogP contribution in [0.15, 0.2) is 22.7 Å². The minimum Gasteiger partial charge on any atom is -0.487 e. The Hall–Kier alpha value is -0.580. The van der Waals surface area contributed by atoms with Gasteiger partial charge in [0.25, 0.3) is 0 Å². The molecular weight excluding hydrogens is 282 g/mol. The molecule has 0 bridgehead atoms. The fraction of sp³-hybridized carbons (Fsp3) is 0.538. The Labute approximate surface area is 111 Å². The number of halogens is 1. The zero-order valence-electron chi connectivity index (χ0n) is 10.2. The fourth-order valence-corrected chi connectivity index (χ4v) is 2.41. The van der Waals surface area contributed by atoms with Gasteiger partial charge in [-0.15, -0.1) is 0 Å². The first-order valence-corrected chi connectivity index (χ1v) is 6.65. The monoisotopic (exact) mass is 299 g/mol. The molecule has 1 aliphatic heterocycles. The Morgan fingerprint density at radius 2 is 2.24 bits per heavy atom. The van der Waals surface area contributed by atoms with Gasteiger partial charge in [-0.1, -0.05) is 13.0 Å². The number of ether oxygens (including phenoxy) is 1. The SMILES string of the molecule is CC(CO)c1ccc(OC2CN(C)C2)c(Br)c1. The lowest BCUT2D eigenvalue weighted by Gasteiger charge is -2.36. The molecular formula is C13H18BrNO2. The van der Waals surface area contributed by atoms with Crippen LogP contribution in [0.25, 0.3) is 0 Å². The molecule has 1 atom stereocenters. The lowest BCUT2D eigenvalue weighted by molar-refractivity contribution is 0.0383. The van der Waals surface area contributed by atoms with E-state index < -0.39 is 0 Å². The Morgan fingerprint density at radius 3 is 2.76 bits per heavy atom. The topological polar surface area (TPSA) is 32.7 Å². The van der Waals surface area contributed by atoms with Crippen molar-refractivity contribution in [2.75, 3.05) is 26.7 Å². The number of hydrogen-bond acceptors (Lipinski definition) is 3. The van der Waals surface area contributed by atoms with E-state index in [9.17, 15) is 0 Å². The zero-order valence-corrected chi connectivity index (χ0v) is 11.8. The van der Waals surface area contributed by atoms with Crippen LogP contribution in [-0.4, -0.2) is 42.9 Å². The normalized spacial score (nSPS) is 18.8. The van der Waals surface area contributed by atoms with E-state index in [0.29, 0.717) is 6.10 Å². The van der Waals surface area contributed by atoms with Gasteiger partial charge in [0.2, 0.25) is 0 Å². The van der Waals surface area contributed by atoms with E-state index in [1.807, 2.05) is 25.1 Å². The van der Waals surface area contributed by atoms with E-state index >= 15 is 0 Å². The Kier molecular flexibility index (Phi) is 4.07. The second kappa shape index (κ2) is 5.38. The average molecular weight is 300 g/mol. The number of rotatable bonds is 4. The molecule has 0 aromatic heterocycles. The summed E-state index contributed by atoms with van der Waals surface area (Å²) in [6.07, 6.45) is 0.303. The summed E-state index contributed by atoms with van der Waals surface area (Å²) in [7, 11) is 2.08. The smallest absolute Gasteiger partial charge is 0.134 e. The maximum Gasteiger partial charge on any atom is 0.134 e. The first-order valence-electron chi connectivity index (χ1n) is 5.85. The van der Waals surface area contributed by atoms with E-state index in [-0.39, 0.29) is 12.5 Å². The van der Waals surface area contributed by atoms with Crippen molar-refractivity contribution in [1.82, 2.24) is 4.90 Å². The summed E-state index contributed by atoms with van der Waals surface area (Å²) in [5.74, 6) is 1.05. The van der Waals surface area contributed by atoms with Crippen LogP contribution in [0.4, 0.5) is 0 Å². The molecule has 1 aromatic carbocycles. The molecule has 0 saturated carbocycles. The molecule has 4 heteroatoms. The summed E-state index contributed by atoms with van der Waals surface area (Å²) in [6.45, 7) is 4.14. The molecule has 0 radical (unpaired) electrons. The Morgan fingerprint density at radius 1 is 1.53 bits per heavy atom. The standard InChI is InChI=1S/C13H18BrNO2/c1-9(8-16)10-3-4-13(12(14)5-10)17-11-6-15(2)7-11/h3-5,9,11,16H,6-8H2,1-2H3. The highest BCUT2D eigenvalue weighted by molar-refractivity contribution is 9.10. The number of benzene rings is 1. The van der Waals surface area contributed by atoms with Crippen LogP contribution in [-0.2, 0) is 0 Å². The van der Waals surface area contributed by atoms with Crippen LogP contribution in [0.3, 0.4) is 0 Å². The van der Waals surface area contributed by atoms with Gasteiger partial charge in [0.05, 0.1) is 4.47 Å². The van der Waals surface area contributed by atoms with Crippen molar-refractivity contribution >= 4 is 15.9 Å². The number of likely N-dealkylation sites (N-methyl/N-ethyl adjacent to an activating group) is 1. The van der Waals surface area contributed by atoms with E-state index in [4.69, 9.17) is 9.84 Å². The first-order chi connectivity index (χ1) is 8.10. The van der Waals surface area contributed by atoms with Crippen LogP contribution < -0.4 is 4.74 Å². The Balaban J connectivity index is 2.04. The molecule has 2 rings (SSSR count). The van der Waals surface area contributed by atoms with Crippen molar-refractivity contribution in [2.45, 2.75) is 18.9 Å². The maximum absolute atomic E-state index is 9.12. The molecule has 17 heavy (non-hydrogen) atoms. The second-order valence-electron chi connectivity index (χ2n) is 4.73. The van der Waals surface area contributed by atoms with Gasteiger partial charge >= 0.3 is 0 Å². The van der Waals surface area contributed by atoms with Crippen LogP contribution in [0.5, 0.6) is 5.75 Å². The van der Waals surface area contributed by atoms with Crippen LogP contribution >= 0.6 is 15.9 Å². The number of aliphatic hydroxyl groups excluding tert-OH is 1. The van der Waals surface area contributed by atoms with Gasteiger partial charge in [0, 0.05) is 25.6 Å². The van der Waals surface area contributed by atoms with Gasteiger partial charge < -0.3 is 9.84 Å². The first kappa shape index (κ1) is 12.9. The van der Waals surface area contributed by atoms with Crippen LogP contribution in [0, 0.1) is 0 Å². The van der Waals surface area contributed by atoms with Crippen molar-refractivity contribution in [2.24, 2.45) is 0 Å².